The van der Waals surface area contributed by atoms with Crippen molar-refractivity contribution in [2.45, 2.75) is 26.3 Å². The van der Waals surface area contributed by atoms with Crippen molar-refractivity contribution >= 4 is 17.5 Å². The summed E-state index contributed by atoms with van der Waals surface area (Å²) >= 11 is 6.17. The molecule has 6 nitrogen and oxygen atoms in total. The molecule has 1 heterocycles. The Balaban J connectivity index is 1.91. The molecule has 23 heavy (non-hydrogen) atoms. The Hall–Kier alpha value is -2.34. The van der Waals surface area contributed by atoms with Crippen molar-refractivity contribution in [3.05, 3.63) is 47.0 Å². The molecule has 0 unspecified atom stereocenters. The van der Waals surface area contributed by atoms with Gasteiger partial charge in [0.1, 0.15) is 5.75 Å². The SMILES string of the molecule is CCCCOc1ccc(CNC(=O)c2ncc(O)cn2)cc1Cl. The van der Waals surface area contributed by atoms with Crippen molar-refractivity contribution in [1.82, 2.24) is 15.3 Å². The molecule has 2 rings (SSSR count). The van der Waals surface area contributed by atoms with Crippen molar-refractivity contribution < 1.29 is 14.6 Å². The highest BCUT2D eigenvalue weighted by Gasteiger charge is 2.09. The predicted octanol–water partition coefficient (Wildman–Crippen LogP) is 2.94. The topological polar surface area (TPSA) is 84.3 Å². The van der Waals surface area contributed by atoms with Crippen LogP contribution in [0.3, 0.4) is 0 Å². The van der Waals surface area contributed by atoms with Gasteiger partial charge >= 0.3 is 0 Å². The minimum Gasteiger partial charge on any atom is -0.505 e. The first-order chi connectivity index (χ1) is 11.1. The summed E-state index contributed by atoms with van der Waals surface area (Å²) in [6, 6.07) is 5.38. The van der Waals surface area contributed by atoms with E-state index in [0.29, 0.717) is 17.4 Å². The number of aromatic hydroxyl groups is 1. The fraction of sp³-hybridized carbons (Fsp3) is 0.312. The molecule has 0 saturated carbocycles. The van der Waals surface area contributed by atoms with Gasteiger partial charge in [0, 0.05) is 6.54 Å². The Labute approximate surface area is 139 Å². The molecule has 0 atom stereocenters. The van der Waals surface area contributed by atoms with Crippen LogP contribution in [0.1, 0.15) is 35.9 Å². The molecule has 2 aromatic rings. The average molecular weight is 336 g/mol. The third kappa shape index (κ3) is 5.10. The van der Waals surface area contributed by atoms with Crippen LogP contribution < -0.4 is 10.1 Å². The molecule has 0 aliphatic heterocycles. The number of carbonyl (C=O) groups excluding carboxylic acids is 1. The van der Waals surface area contributed by atoms with Gasteiger partial charge in [-0.15, -0.1) is 0 Å². The highest BCUT2D eigenvalue weighted by molar-refractivity contribution is 6.32. The number of aromatic nitrogens is 2. The van der Waals surface area contributed by atoms with E-state index in [4.69, 9.17) is 21.4 Å². The fourth-order valence-corrected chi connectivity index (χ4v) is 2.06. The lowest BCUT2D eigenvalue weighted by Crippen LogP contribution is -2.24. The fourth-order valence-electron chi connectivity index (χ4n) is 1.80. The standard InChI is InChI=1S/C16H18ClN3O3/c1-2-3-6-23-14-5-4-11(7-13(14)17)8-20-16(22)15-18-9-12(21)10-19-15/h4-5,7,9-10,21H,2-3,6,8H2,1H3,(H,20,22). The maximum absolute atomic E-state index is 11.9. The molecular formula is C16H18ClN3O3. The highest BCUT2D eigenvalue weighted by atomic mass is 35.5. The summed E-state index contributed by atoms with van der Waals surface area (Å²) in [7, 11) is 0. The van der Waals surface area contributed by atoms with Crippen LogP contribution in [0.15, 0.2) is 30.6 Å². The van der Waals surface area contributed by atoms with E-state index in [1.54, 1.807) is 12.1 Å². The van der Waals surface area contributed by atoms with Gasteiger partial charge in [-0.1, -0.05) is 31.0 Å². The van der Waals surface area contributed by atoms with E-state index >= 15 is 0 Å². The van der Waals surface area contributed by atoms with Crippen molar-refractivity contribution in [2.75, 3.05) is 6.61 Å². The number of hydrogen-bond donors (Lipinski definition) is 2. The quantitative estimate of drug-likeness (QED) is 0.760. The zero-order valence-corrected chi connectivity index (χ0v) is 13.5. The van der Waals surface area contributed by atoms with Gasteiger partial charge in [-0.2, -0.15) is 0 Å². The van der Waals surface area contributed by atoms with Gasteiger partial charge in [0.25, 0.3) is 5.91 Å². The van der Waals surface area contributed by atoms with Gasteiger partial charge in [0.05, 0.1) is 24.0 Å². The minimum atomic E-state index is -0.426. The van der Waals surface area contributed by atoms with Gasteiger partial charge < -0.3 is 15.2 Å². The third-order valence-corrected chi connectivity index (χ3v) is 3.34. The van der Waals surface area contributed by atoms with Crippen molar-refractivity contribution in [3.63, 3.8) is 0 Å². The number of rotatable bonds is 7. The molecule has 1 aromatic heterocycles. The number of nitrogens with one attached hydrogen (secondary N) is 1. The van der Waals surface area contributed by atoms with Crippen molar-refractivity contribution in [2.24, 2.45) is 0 Å². The first-order valence-electron chi connectivity index (χ1n) is 7.30. The van der Waals surface area contributed by atoms with Crippen LogP contribution in [-0.2, 0) is 6.54 Å². The van der Waals surface area contributed by atoms with E-state index in [-0.39, 0.29) is 18.1 Å². The summed E-state index contributed by atoms with van der Waals surface area (Å²) in [5.41, 5.74) is 0.838. The van der Waals surface area contributed by atoms with Gasteiger partial charge in [-0.3, -0.25) is 4.79 Å². The van der Waals surface area contributed by atoms with Crippen LogP contribution in [0.4, 0.5) is 0 Å². The molecule has 1 amide bonds. The van der Waals surface area contributed by atoms with E-state index in [1.165, 1.54) is 12.4 Å². The maximum atomic E-state index is 11.9. The summed E-state index contributed by atoms with van der Waals surface area (Å²) in [5.74, 6) is 0.113. The number of halogens is 1. The first-order valence-corrected chi connectivity index (χ1v) is 7.68. The summed E-state index contributed by atoms with van der Waals surface area (Å²) in [4.78, 5) is 19.4. The molecule has 1 aromatic carbocycles. The smallest absolute Gasteiger partial charge is 0.289 e. The average Bonchev–Trinajstić information content (AvgIpc) is 2.55. The first kappa shape index (κ1) is 17.0. The predicted molar refractivity (Wildman–Crippen MR) is 86.7 cm³/mol. The second-order valence-corrected chi connectivity index (χ2v) is 5.32. The monoisotopic (exact) mass is 335 g/mol. The second kappa shape index (κ2) is 8.33. The Morgan fingerprint density at radius 2 is 2.09 bits per heavy atom. The van der Waals surface area contributed by atoms with Gasteiger partial charge in [0.2, 0.25) is 5.82 Å². The molecule has 0 spiro atoms. The van der Waals surface area contributed by atoms with Crippen LogP contribution in [0.2, 0.25) is 5.02 Å². The number of amides is 1. The number of hydrogen-bond acceptors (Lipinski definition) is 5. The molecule has 2 N–H and O–H groups in total. The van der Waals surface area contributed by atoms with E-state index in [0.717, 1.165) is 18.4 Å². The zero-order valence-electron chi connectivity index (χ0n) is 12.8. The van der Waals surface area contributed by atoms with E-state index in [2.05, 4.69) is 22.2 Å². The van der Waals surface area contributed by atoms with Crippen molar-refractivity contribution in [1.29, 1.82) is 0 Å². The normalized spacial score (nSPS) is 10.3. The molecule has 7 heteroatoms. The number of benzene rings is 1. The Morgan fingerprint density at radius 3 is 2.74 bits per heavy atom. The lowest BCUT2D eigenvalue weighted by Gasteiger charge is -2.09. The second-order valence-electron chi connectivity index (χ2n) is 4.91. The van der Waals surface area contributed by atoms with Crippen LogP contribution in [0.5, 0.6) is 11.5 Å². The van der Waals surface area contributed by atoms with E-state index in [9.17, 15) is 4.79 Å². The summed E-state index contributed by atoms with van der Waals surface area (Å²) in [6.07, 6.45) is 4.37. The highest BCUT2D eigenvalue weighted by Crippen LogP contribution is 2.25. The Kier molecular flexibility index (Phi) is 6.17. The molecular weight excluding hydrogens is 318 g/mol. The Bertz CT molecular complexity index is 662. The molecule has 0 bridgehead atoms. The van der Waals surface area contributed by atoms with Crippen LogP contribution >= 0.6 is 11.6 Å². The van der Waals surface area contributed by atoms with Gasteiger partial charge in [-0.25, -0.2) is 9.97 Å². The number of ether oxygens (including phenoxy) is 1. The van der Waals surface area contributed by atoms with E-state index in [1.807, 2.05) is 6.07 Å². The maximum Gasteiger partial charge on any atom is 0.289 e. The molecule has 122 valence electrons. The van der Waals surface area contributed by atoms with E-state index < -0.39 is 5.91 Å². The summed E-state index contributed by atoms with van der Waals surface area (Å²) < 4.78 is 5.58. The van der Waals surface area contributed by atoms with Crippen LogP contribution in [0.25, 0.3) is 0 Å². The molecule has 0 aliphatic carbocycles. The molecule has 0 saturated heterocycles. The summed E-state index contributed by atoms with van der Waals surface area (Å²) in [6.45, 7) is 3.01. The third-order valence-electron chi connectivity index (χ3n) is 3.05. The summed E-state index contributed by atoms with van der Waals surface area (Å²) in [5, 5.41) is 12.3. The number of unbranched alkanes of at least 4 members (excludes halogenated alkanes) is 1. The Morgan fingerprint density at radius 1 is 1.35 bits per heavy atom. The van der Waals surface area contributed by atoms with Gasteiger partial charge in [-0.05, 0) is 24.1 Å². The number of nitrogens with zero attached hydrogens (tertiary/aromatic N) is 2. The largest absolute Gasteiger partial charge is 0.505 e. The van der Waals surface area contributed by atoms with Gasteiger partial charge in [0.15, 0.2) is 5.75 Å². The molecule has 0 radical (unpaired) electrons. The molecule has 0 fully saturated rings. The lowest BCUT2D eigenvalue weighted by molar-refractivity contribution is 0.0940. The van der Waals surface area contributed by atoms with Crippen LogP contribution in [0, 0.1) is 0 Å². The molecule has 0 aliphatic rings. The number of carbonyl (C=O) groups is 1. The lowest BCUT2D eigenvalue weighted by atomic mass is 10.2. The minimum absolute atomic E-state index is 0.00610. The van der Waals surface area contributed by atoms with Crippen molar-refractivity contribution in [3.8, 4) is 11.5 Å². The zero-order chi connectivity index (χ0) is 16.7. The van der Waals surface area contributed by atoms with Crippen LogP contribution in [-0.4, -0.2) is 27.6 Å².